The topological polar surface area (TPSA) is 61.3 Å². The first-order valence-corrected chi connectivity index (χ1v) is 9.39. The van der Waals surface area contributed by atoms with E-state index in [1.54, 1.807) is 6.07 Å². The molecule has 0 aliphatic heterocycles. The summed E-state index contributed by atoms with van der Waals surface area (Å²) in [6.07, 6.45) is 1.52. The smallest absolute Gasteiger partial charge is 0.339 e. The summed E-state index contributed by atoms with van der Waals surface area (Å²) in [4.78, 5) is 21.1. The van der Waals surface area contributed by atoms with E-state index >= 15 is 0 Å². The van der Waals surface area contributed by atoms with Crippen LogP contribution in [0.1, 0.15) is 42.4 Å². The lowest BCUT2D eigenvalue weighted by Crippen LogP contribution is -2.24. The molecule has 6 heteroatoms. The van der Waals surface area contributed by atoms with Crippen LogP contribution in [0.5, 0.6) is 5.75 Å². The van der Waals surface area contributed by atoms with Crippen molar-refractivity contribution >= 4 is 32.8 Å². The maximum atomic E-state index is 12.5. The van der Waals surface area contributed by atoms with Crippen molar-refractivity contribution in [1.29, 1.82) is 0 Å². The molecule has 0 aliphatic rings. The highest BCUT2D eigenvalue weighted by Gasteiger charge is 2.20. The maximum absolute atomic E-state index is 12.5. The van der Waals surface area contributed by atoms with Crippen molar-refractivity contribution in [2.24, 2.45) is 0 Å². The van der Waals surface area contributed by atoms with Crippen LogP contribution in [0.25, 0.3) is 10.9 Å². The molecule has 140 valence electrons. The zero-order chi connectivity index (χ0) is 19.6. The Balaban J connectivity index is 1.89. The van der Waals surface area contributed by atoms with Crippen LogP contribution in [0.2, 0.25) is 0 Å². The minimum absolute atomic E-state index is 0.226. The molecule has 3 aromatic rings. The fraction of sp³-hybridized carbons (Fsp3) is 0.286. The van der Waals surface area contributed by atoms with Crippen LogP contribution in [-0.2, 0) is 11.3 Å². The van der Waals surface area contributed by atoms with Gasteiger partial charge in [-0.1, -0.05) is 34.1 Å². The van der Waals surface area contributed by atoms with E-state index in [-0.39, 0.29) is 12.6 Å². The summed E-state index contributed by atoms with van der Waals surface area (Å²) in [7, 11) is 0. The van der Waals surface area contributed by atoms with Crippen molar-refractivity contribution in [3.8, 4) is 5.75 Å². The van der Waals surface area contributed by atoms with Crippen molar-refractivity contribution in [3.63, 3.8) is 0 Å². The number of fused-ring (bicyclic) bond motifs is 1. The van der Waals surface area contributed by atoms with Crippen LogP contribution in [0.15, 0.2) is 47.2 Å². The summed E-state index contributed by atoms with van der Waals surface area (Å²) in [5.41, 5.74) is 2.31. The van der Waals surface area contributed by atoms with Gasteiger partial charge in [0.05, 0.1) is 5.56 Å². The second kappa shape index (κ2) is 7.64. The van der Waals surface area contributed by atoms with E-state index in [1.165, 1.54) is 6.33 Å². The second-order valence-electron chi connectivity index (χ2n) is 7.21. The minimum atomic E-state index is -0.556. The highest BCUT2D eigenvalue weighted by Crippen LogP contribution is 2.30. The van der Waals surface area contributed by atoms with Crippen LogP contribution in [0.4, 0.5) is 0 Å². The summed E-state index contributed by atoms with van der Waals surface area (Å²) < 4.78 is 12.4. The van der Waals surface area contributed by atoms with Gasteiger partial charge in [0.25, 0.3) is 0 Å². The number of carbonyl (C=O) groups is 1. The fourth-order valence-corrected chi connectivity index (χ4v) is 3.11. The van der Waals surface area contributed by atoms with E-state index in [4.69, 9.17) is 9.47 Å². The van der Waals surface area contributed by atoms with Crippen LogP contribution < -0.4 is 4.74 Å². The first-order chi connectivity index (χ1) is 12.7. The molecule has 0 saturated carbocycles. The third-order valence-electron chi connectivity index (χ3n) is 3.89. The molecule has 0 saturated heterocycles. The van der Waals surface area contributed by atoms with Gasteiger partial charge in [0, 0.05) is 21.1 Å². The van der Waals surface area contributed by atoms with Gasteiger partial charge in [0.2, 0.25) is 0 Å². The molecule has 0 amide bonds. The number of carbonyl (C=O) groups excluding carboxylic acids is 1. The summed E-state index contributed by atoms with van der Waals surface area (Å²) in [5, 5.41) is 0.919. The second-order valence-corrected chi connectivity index (χ2v) is 8.12. The van der Waals surface area contributed by atoms with Crippen LogP contribution in [0.3, 0.4) is 0 Å². The van der Waals surface area contributed by atoms with Crippen molar-refractivity contribution < 1.29 is 14.3 Å². The maximum Gasteiger partial charge on any atom is 0.339 e. The monoisotopic (exact) mass is 428 g/mol. The lowest BCUT2D eigenvalue weighted by atomic mass is 10.1. The number of halogens is 1. The molecular weight excluding hydrogens is 408 g/mol. The summed E-state index contributed by atoms with van der Waals surface area (Å²) in [6.45, 7) is 7.70. The first kappa shape index (κ1) is 19.3. The largest absolute Gasteiger partial charge is 0.487 e. The number of benzene rings is 2. The van der Waals surface area contributed by atoms with Crippen LogP contribution in [-0.4, -0.2) is 21.5 Å². The zero-order valence-electron chi connectivity index (χ0n) is 15.7. The van der Waals surface area contributed by atoms with E-state index in [9.17, 15) is 4.79 Å². The Bertz CT molecular complexity index is 996. The molecule has 2 aromatic carbocycles. The Kier molecular flexibility index (Phi) is 5.46. The molecule has 0 radical (unpaired) electrons. The van der Waals surface area contributed by atoms with Gasteiger partial charge in [-0.25, -0.2) is 14.8 Å². The number of hydrogen-bond donors (Lipinski definition) is 0. The van der Waals surface area contributed by atoms with Crippen LogP contribution in [0, 0.1) is 6.92 Å². The number of nitrogens with zero attached hydrogens (tertiary/aromatic N) is 2. The molecule has 0 bridgehead atoms. The Labute approximate surface area is 166 Å². The molecule has 3 rings (SSSR count). The molecular formula is C21H21BrN2O3. The first-order valence-electron chi connectivity index (χ1n) is 8.59. The molecule has 0 spiro atoms. The van der Waals surface area contributed by atoms with Crippen LogP contribution >= 0.6 is 15.9 Å². The quantitative estimate of drug-likeness (QED) is 0.532. The predicted molar refractivity (Wildman–Crippen MR) is 108 cm³/mol. The average molecular weight is 429 g/mol. The van der Waals surface area contributed by atoms with Gasteiger partial charge in [0.15, 0.2) is 0 Å². The molecule has 27 heavy (non-hydrogen) atoms. The molecule has 1 heterocycles. The standard InChI is InChI=1S/C21H21BrN2O3/c1-13-17-9-15(22)10-18(19(17)24-12-23-13)26-11-14-7-5-6-8-16(14)20(25)27-21(2,3)4/h5-10,12H,11H2,1-4H3. The van der Waals surface area contributed by atoms with Crippen molar-refractivity contribution in [3.05, 3.63) is 64.0 Å². The number of hydrogen-bond acceptors (Lipinski definition) is 5. The third-order valence-corrected chi connectivity index (χ3v) is 4.34. The van der Waals surface area contributed by atoms with E-state index in [2.05, 4.69) is 25.9 Å². The lowest BCUT2D eigenvalue weighted by Gasteiger charge is -2.20. The summed E-state index contributed by atoms with van der Waals surface area (Å²) >= 11 is 3.50. The minimum Gasteiger partial charge on any atom is -0.487 e. The Morgan fingerprint density at radius 3 is 2.63 bits per heavy atom. The number of aryl methyl sites for hydroxylation is 1. The highest BCUT2D eigenvalue weighted by molar-refractivity contribution is 9.10. The van der Waals surface area contributed by atoms with Gasteiger partial charge >= 0.3 is 5.97 Å². The molecule has 0 N–H and O–H groups in total. The fourth-order valence-electron chi connectivity index (χ4n) is 2.67. The number of rotatable bonds is 4. The molecule has 0 aliphatic carbocycles. The average Bonchev–Trinajstić information content (AvgIpc) is 2.59. The molecule has 5 nitrogen and oxygen atoms in total. The summed E-state index contributed by atoms with van der Waals surface area (Å²) in [6, 6.07) is 11.1. The van der Waals surface area contributed by atoms with Gasteiger partial charge in [-0.05, 0) is 45.9 Å². The van der Waals surface area contributed by atoms with Gasteiger partial charge in [-0.2, -0.15) is 0 Å². The SMILES string of the molecule is Cc1ncnc2c(OCc3ccccc3C(=O)OC(C)(C)C)cc(Br)cc12. The Hall–Kier alpha value is -2.47. The van der Waals surface area contributed by atoms with Gasteiger partial charge in [-0.15, -0.1) is 0 Å². The Morgan fingerprint density at radius 2 is 1.89 bits per heavy atom. The molecule has 1 aromatic heterocycles. The normalized spacial score (nSPS) is 11.4. The summed E-state index contributed by atoms with van der Waals surface area (Å²) in [5.74, 6) is 0.267. The number of ether oxygens (including phenoxy) is 2. The molecule has 0 atom stereocenters. The van der Waals surface area contributed by atoms with Gasteiger partial charge < -0.3 is 9.47 Å². The van der Waals surface area contributed by atoms with Crippen molar-refractivity contribution in [1.82, 2.24) is 9.97 Å². The zero-order valence-corrected chi connectivity index (χ0v) is 17.3. The highest BCUT2D eigenvalue weighted by atomic mass is 79.9. The molecule has 0 unspecified atom stereocenters. The third kappa shape index (κ3) is 4.63. The predicted octanol–water partition coefficient (Wildman–Crippen LogP) is 5.24. The van der Waals surface area contributed by atoms with Gasteiger partial charge in [-0.3, -0.25) is 0 Å². The van der Waals surface area contributed by atoms with E-state index in [1.807, 2.05) is 58.0 Å². The van der Waals surface area contributed by atoms with E-state index in [0.717, 1.165) is 26.6 Å². The number of aromatic nitrogens is 2. The van der Waals surface area contributed by atoms with Gasteiger partial charge in [0.1, 0.15) is 29.8 Å². The lowest BCUT2D eigenvalue weighted by molar-refractivity contribution is 0.00670. The Morgan fingerprint density at radius 1 is 1.15 bits per heavy atom. The number of esters is 1. The molecule has 0 fully saturated rings. The van der Waals surface area contributed by atoms with E-state index in [0.29, 0.717) is 11.3 Å². The van der Waals surface area contributed by atoms with E-state index < -0.39 is 5.60 Å². The van der Waals surface area contributed by atoms with Crippen molar-refractivity contribution in [2.75, 3.05) is 0 Å². The van der Waals surface area contributed by atoms with Crippen molar-refractivity contribution in [2.45, 2.75) is 39.9 Å².